The fourth-order valence-corrected chi connectivity index (χ4v) is 19.4. The van der Waals surface area contributed by atoms with E-state index in [0.717, 1.165) is 17.1 Å². The van der Waals surface area contributed by atoms with Gasteiger partial charge in [0.15, 0.2) is 0 Å². The van der Waals surface area contributed by atoms with Crippen molar-refractivity contribution < 1.29 is 0 Å². The molecule has 0 aliphatic carbocycles. The van der Waals surface area contributed by atoms with E-state index in [4.69, 9.17) is 0 Å². The molecule has 0 fully saturated rings. The Balaban J connectivity index is 1.22. The Morgan fingerprint density at radius 1 is 0.188 bits per heavy atom. The first-order chi connectivity index (χ1) is 58.6. The van der Waals surface area contributed by atoms with Crippen molar-refractivity contribution in [1.29, 1.82) is 0 Å². The largest absolute Gasteiger partial charge is 0.310 e. The highest BCUT2D eigenvalue weighted by Crippen LogP contribution is 2.58. The topological polar surface area (TPSA) is 11.4 Å². The van der Waals surface area contributed by atoms with Gasteiger partial charge < -0.3 is 14.4 Å². The zero-order valence-corrected chi connectivity index (χ0v) is 86.1. The Hall–Kier alpha value is -9.90. The highest BCUT2D eigenvalue weighted by atomic mass is 15.2. The highest BCUT2D eigenvalue weighted by molar-refractivity contribution is 7.00. The van der Waals surface area contributed by atoms with Crippen LogP contribution in [0.3, 0.4) is 0 Å². The van der Waals surface area contributed by atoms with E-state index >= 15 is 0 Å². The molecule has 0 saturated heterocycles. The molecule has 128 heavy (non-hydrogen) atoms. The molecule has 0 radical (unpaired) electrons. The second kappa shape index (κ2) is 30.9. The molecule has 3 heterocycles. The lowest BCUT2D eigenvalue weighted by molar-refractivity contribution is 0.568. The maximum atomic E-state index is 2.85. The third-order valence-electron chi connectivity index (χ3n) is 28.2. The molecule has 2 aliphatic rings. The fourth-order valence-electron chi connectivity index (χ4n) is 19.4. The first-order valence-corrected chi connectivity index (χ1v) is 47.9. The van der Waals surface area contributed by atoms with Gasteiger partial charge in [-0.2, -0.15) is 0 Å². The minimum Gasteiger partial charge on any atom is -0.310 e. The van der Waals surface area contributed by atoms with E-state index in [1.165, 1.54) is 189 Å². The molecular formula is C124H152BN3. The zero-order chi connectivity index (χ0) is 93.9. The monoisotopic (exact) mass is 1690 g/mol. The van der Waals surface area contributed by atoms with Crippen molar-refractivity contribution >= 4 is 79.0 Å². The molecule has 0 amide bonds. The SMILES string of the molecule is CC(C)(C)c1ccc(-c2cc(C(C)(C)C)cc(-c3cc(C(C)(C)C)cc(C(C)(C)C)c3)c2N2c3cc(-c4cc(C(C)(C)C)cc(C(C)(C)C)c4)ccc3B3c4ccc(-n5c6ccc(C(C)(C)C)cc6c6cc(C(C)(C)C)ccc65)cc4N(c4c(-c5ccc(C(C)(C)C)cc5)cc(C(C)(C)C)cc4-c4ccc(C(C)(C)C)cc4C(C)(C)C)c4cc(C(C)(C)C)cc2c43)cc1. The molecular weight excluding hydrogens is 1540 g/mol. The molecule has 0 unspecified atom stereocenters. The molecule has 2 aliphatic heterocycles. The molecule has 0 atom stereocenters. The van der Waals surface area contributed by atoms with Crippen LogP contribution in [-0.4, -0.2) is 11.3 Å². The number of rotatable bonds is 8. The van der Waals surface area contributed by atoms with Gasteiger partial charge >= 0.3 is 0 Å². The van der Waals surface area contributed by atoms with Crippen molar-refractivity contribution in [3.8, 4) is 61.3 Å². The van der Waals surface area contributed by atoms with Crippen molar-refractivity contribution in [2.24, 2.45) is 0 Å². The fraction of sp³-hybridized carbons (Fsp3) is 0.419. The van der Waals surface area contributed by atoms with Crippen LogP contribution in [0.1, 0.15) is 342 Å². The average molecular weight is 1700 g/mol. The Bertz CT molecular complexity index is 6400. The summed E-state index contributed by atoms with van der Waals surface area (Å²) in [5.41, 5.74) is 41.2. The van der Waals surface area contributed by atoms with Crippen LogP contribution in [0.25, 0.3) is 83.1 Å². The maximum absolute atomic E-state index is 2.85. The second-order valence-corrected chi connectivity index (χ2v) is 52.0. The zero-order valence-electron chi connectivity index (χ0n) is 86.1. The summed E-state index contributed by atoms with van der Waals surface area (Å²) in [5.74, 6) is 0. The molecule has 4 heteroatoms. The average Bonchev–Trinajstić information content (AvgIpc) is 0.734. The summed E-state index contributed by atoms with van der Waals surface area (Å²) in [4.78, 5) is 5.70. The number of aromatic nitrogens is 1. The third-order valence-corrected chi connectivity index (χ3v) is 28.2. The smallest absolute Gasteiger partial charge is 0.252 e. The van der Waals surface area contributed by atoms with Crippen molar-refractivity contribution in [2.45, 2.75) is 340 Å². The first kappa shape index (κ1) is 92.8. The summed E-state index contributed by atoms with van der Waals surface area (Å²) in [6.45, 7) is 93.0. The van der Waals surface area contributed by atoms with Crippen LogP contribution in [0.4, 0.5) is 34.1 Å². The van der Waals surface area contributed by atoms with Gasteiger partial charge in [-0.3, -0.25) is 0 Å². The van der Waals surface area contributed by atoms with Crippen LogP contribution in [0.15, 0.2) is 212 Å². The van der Waals surface area contributed by atoms with E-state index < -0.39 is 0 Å². The number of fused-ring (bicyclic) bond motifs is 7. The number of hydrogen-bond acceptors (Lipinski definition) is 2. The van der Waals surface area contributed by atoms with Gasteiger partial charge in [0.2, 0.25) is 0 Å². The molecule has 0 saturated carbocycles. The van der Waals surface area contributed by atoms with Crippen molar-refractivity contribution in [3.63, 3.8) is 0 Å². The Morgan fingerprint density at radius 2 is 0.484 bits per heavy atom. The molecule has 0 spiro atoms. The van der Waals surface area contributed by atoms with E-state index in [-0.39, 0.29) is 77.1 Å². The molecule has 666 valence electrons. The van der Waals surface area contributed by atoms with E-state index in [2.05, 4.69) is 497 Å². The lowest BCUT2D eigenvalue weighted by Crippen LogP contribution is -2.61. The van der Waals surface area contributed by atoms with Gasteiger partial charge in [0.1, 0.15) is 0 Å². The Kier molecular flexibility index (Phi) is 22.4. The lowest BCUT2D eigenvalue weighted by atomic mass is 9.33. The number of anilines is 6. The summed E-state index contributed by atoms with van der Waals surface area (Å²) >= 11 is 0. The van der Waals surface area contributed by atoms with Gasteiger partial charge in [-0.15, -0.1) is 0 Å². The van der Waals surface area contributed by atoms with Crippen molar-refractivity contribution in [3.05, 3.63) is 285 Å². The van der Waals surface area contributed by atoms with Gasteiger partial charge in [-0.25, -0.2) is 0 Å². The minimum absolute atomic E-state index is 0.0804. The Labute approximate surface area is 774 Å². The Morgan fingerprint density at radius 3 is 0.859 bits per heavy atom. The van der Waals surface area contributed by atoms with Crippen LogP contribution in [-0.2, 0) is 70.4 Å². The van der Waals surface area contributed by atoms with Crippen LogP contribution in [0.5, 0.6) is 0 Å². The van der Waals surface area contributed by atoms with Gasteiger partial charge in [0, 0.05) is 61.5 Å². The van der Waals surface area contributed by atoms with E-state index in [0.29, 0.717) is 0 Å². The van der Waals surface area contributed by atoms with E-state index in [9.17, 15) is 0 Å². The standard InChI is InChI=1S/C124H152BN3/c1-112(2,3)80-45-40-75(41-46-80)94-67-89(121(28,29)30)69-96(79-60-87(119(22,23)24)64-88(61-79)120(25,26)27)110(94)127-105-62-77(78-58-85(117(16,17)18)63-86(59-78)118(19,20)21)44-54-101(105)125-102-55-52-92(126-103-56-50-82(114(7,8)9)65-97(103)98-66-83(115(10,11)12)51-57-104(98)126)74-106(102)128(108-73-91(123(34,35)36)72-107(127)109(108)125)111-95(76-42-47-81(48-43-76)113(4,5)6)68-90(122(31,32)33)70-99(111)93-53-49-84(116(13,14)15)71-100(93)124(37,38)39/h40-74H,1-39H3. The number of nitrogens with zero attached hydrogens (tertiary/aromatic N) is 3. The first-order valence-electron chi connectivity index (χ1n) is 47.9. The van der Waals surface area contributed by atoms with Gasteiger partial charge in [-0.05, 0) is 271 Å². The van der Waals surface area contributed by atoms with Gasteiger partial charge in [0.05, 0.1) is 22.4 Å². The van der Waals surface area contributed by atoms with Crippen molar-refractivity contribution in [2.75, 3.05) is 9.80 Å². The van der Waals surface area contributed by atoms with Crippen molar-refractivity contribution in [1.82, 2.24) is 4.57 Å². The number of benzene rings is 12. The molecule has 12 aromatic carbocycles. The highest BCUT2D eigenvalue weighted by Gasteiger charge is 2.48. The molecule has 3 nitrogen and oxygen atoms in total. The summed E-state index contributed by atoms with van der Waals surface area (Å²) < 4.78 is 2.62. The van der Waals surface area contributed by atoms with E-state index in [1.807, 2.05) is 0 Å². The molecule has 0 bridgehead atoms. The minimum atomic E-state index is -0.389. The molecule has 1 aromatic heterocycles. The van der Waals surface area contributed by atoms with Crippen LogP contribution in [0, 0.1) is 0 Å². The molecule has 13 aromatic rings. The van der Waals surface area contributed by atoms with Gasteiger partial charge in [0.25, 0.3) is 6.71 Å². The summed E-state index contributed by atoms with van der Waals surface area (Å²) in [5, 5.41) is 2.54. The maximum Gasteiger partial charge on any atom is 0.252 e. The van der Waals surface area contributed by atoms with Gasteiger partial charge in [-0.1, -0.05) is 403 Å². The summed E-state index contributed by atoms with van der Waals surface area (Å²) in [7, 11) is 0. The number of hydrogen-bond donors (Lipinski definition) is 0. The molecule has 0 N–H and O–H groups in total. The quantitative estimate of drug-likeness (QED) is 0.141. The second-order valence-electron chi connectivity index (χ2n) is 52.0. The van der Waals surface area contributed by atoms with E-state index in [1.54, 1.807) is 0 Å². The molecule has 15 rings (SSSR count). The summed E-state index contributed by atoms with van der Waals surface area (Å²) in [6.07, 6.45) is 0. The van der Waals surface area contributed by atoms with Crippen LogP contribution < -0.4 is 26.2 Å². The summed E-state index contributed by atoms with van der Waals surface area (Å²) in [6, 6.07) is 88.2. The predicted octanol–water partition coefficient (Wildman–Crippen LogP) is 34.1. The van der Waals surface area contributed by atoms with Crippen LogP contribution in [0.2, 0.25) is 0 Å². The lowest BCUT2D eigenvalue weighted by Gasteiger charge is -2.47. The third kappa shape index (κ3) is 17.4. The van der Waals surface area contributed by atoms with Crippen LogP contribution >= 0.6 is 0 Å². The normalized spacial score (nSPS) is 14.2. The predicted molar refractivity (Wildman–Crippen MR) is 565 cm³/mol.